The van der Waals surface area contributed by atoms with Gasteiger partial charge in [-0.1, -0.05) is 0 Å². The molecule has 0 aliphatic carbocycles. The minimum atomic E-state index is 0.659. The summed E-state index contributed by atoms with van der Waals surface area (Å²) in [4.78, 5) is 4.35. The van der Waals surface area contributed by atoms with Crippen molar-refractivity contribution in [2.24, 2.45) is 12.9 Å². The fourth-order valence-corrected chi connectivity index (χ4v) is 2.39. The summed E-state index contributed by atoms with van der Waals surface area (Å²) < 4.78 is 2.95. The zero-order valence-electron chi connectivity index (χ0n) is 8.00. The summed E-state index contributed by atoms with van der Waals surface area (Å²) in [5, 5.41) is 0. The van der Waals surface area contributed by atoms with Gasteiger partial charge >= 0.3 is 0 Å². The SMILES string of the molecule is Cc1cc(Br)c2c(c1)nc(NN)n2C. The fourth-order valence-electron chi connectivity index (χ4n) is 1.56. The molecule has 5 heteroatoms. The van der Waals surface area contributed by atoms with E-state index in [1.54, 1.807) is 0 Å². The molecule has 0 atom stereocenters. The molecule has 0 aliphatic heterocycles. The van der Waals surface area contributed by atoms with Crippen molar-refractivity contribution in [2.45, 2.75) is 6.92 Å². The molecule has 0 aliphatic rings. The summed E-state index contributed by atoms with van der Waals surface area (Å²) in [5.41, 5.74) is 5.72. The van der Waals surface area contributed by atoms with Gasteiger partial charge in [-0.15, -0.1) is 0 Å². The Morgan fingerprint density at radius 2 is 2.21 bits per heavy atom. The van der Waals surface area contributed by atoms with Crippen LogP contribution in [-0.4, -0.2) is 9.55 Å². The third-order valence-corrected chi connectivity index (χ3v) is 2.80. The summed E-state index contributed by atoms with van der Waals surface area (Å²) in [6.45, 7) is 2.04. The number of hydrogen-bond acceptors (Lipinski definition) is 3. The second kappa shape index (κ2) is 3.25. The van der Waals surface area contributed by atoms with Gasteiger partial charge in [0.15, 0.2) is 0 Å². The number of halogens is 1. The van der Waals surface area contributed by atoms with Crippen molar-refractivity contribution in [3.63, 3.8) is 0 Å². The number of nitrogens with zero attached hydrogens (tertiary/aromatic N) is 2. The molecule has 0 unspecified atom stereocenters. The molecule has 4 nitrogen and oxygen atoms in total. The van der Waals surface area contributed by atoms with Gasteiger partial charge in [-0.3, -0.25) is 5.43 Å². The molecule has 0 spiro atoms. The van der Waals surface area contributed by atoms with Crippen molar-refractivity contribution < 1.29 is 0 Å². The lowest BCUT2D eigenvalue weighted by atomic mass is 10.2. The molecule has 1 heterocycles. The van der Waals surface area contributed by atoms with E-state index < -0.39 is 0 Å². The van der Waals surface area contributed by atoms with Gasteiger partial charge in [-0.2, -0.15) is 0 Å². The average molecular weight is 255 g/mol. The van der Waals surface area contributed by atoms with Crippen LogP contribution in [0.5, 0.6) is 0 Å². The largest absolute Gasteiger partial charge is 0.311 e. The fraction of sp³-hybridized carbons (Fsp3) is 0.222. The topological polar surface area (TPSA) is 55.9 Å². The molecule has 0 amide bonds. The number of hydrazine groups is 1. The second-order valence-electron chi connectivity index (χ2n) is 3.25. The standard InChI is InChI=1S/C9H11BrN4/c1-5-3-6(10)8-7(4-5)12-9(13-11)14(8)2/h3-4H,11H2,1-2H3,(H,12,13). The maximum atomic E-state index is 5.35. The Morgan fingerprint density at radius 3 is 2.86 bits per heavy atom. The Bertz CT molecular complexity index is 489. The molecule has 0 bridgehead atoms. The Hall–Kier alpha value is -1.07. The van der Waals surface area contributed by atoms with Crippen molar-refractivity contribution in [1.82, 2.24) is 9.55 Å². The molecular formula is C9H11BrN4. The number of anilines is 1. The minimum Gasteiger partial charge on any atom is -0.311 e. The first-order valence-corrected chi connectivity index (χ1v) is 5.02. The smallest absolute Gasteiger partial charge is 0.218 e. The van der Waals surface area contributed by atoms with Crippen LogP contribution in [0, 0.1) is 6.92 Å². The van der Waals surface area contributed by atoms with Crippen LogP contribution in [0.2, 0.25) is 0 Å². The van der Waals surface area contributed by atoms with E-state index in [1.807, 2.05) is 24.6 Å². The van der Waals surface area contributed by atoms with Crippen LogP contribution in [0.4, 0.5) is 5.95 Å². The number of nitrogen functional groups attached to an aromatic ring is 1. The zero-order chi connectivity index (χ0) is 10.3. The van der Waals surface area contributed by atoms with Crippen LogP contribution in [0.1, 0.15) is 5.56 Å². The van der Waals surface area contributed by atoms with Crippen LogP contribution in [0.15, 0.2) is 16.6 Å². The molecule has 1 aromatic carbocycles. The molecule has 0 saturated carbocycles. The third-order valence-electron chi connectivity index (χ3n) is 2.20. The van der Waals surface area contributed by atoms with Gasteiger partial charge in [0.1, 0.15) is 0 Å². The highest BCUT2D eigenvalue weighted by Gasteiger charge is 2.09. The molecule has 2 rings (SSSR count). The molecule has 74 valence electrons. The van der Waals surface area contributed by atoms with Gasteiger partial charge in [-0.05, 0) is 40.5 Å². The normalized spacial score (nSPS) is 10.9. The van der Waals surface area contributed by atoms with E-state index in [2.05, 4.69) is 32.4 Å². The minimum absolute atomic E-state index is 0.659. The molecule has 14 heavy (non-hydrogen) atoms. The van der Waals surface area contributed by atoms with E-state index in [9.17, 15) is 0 Å². The monoisotopic (exact) mass is 254 g/mol. The average Bonchev–Trinajstić information content (AvgIpc) is 2.42. The lowest BCUT2D eigenvalue weighted by Gasteiger charge is -2.01. The van der Waals surface area contributed by atoms with Crippen LogP contribution >= 0.6 is 15.9 Å². The van der Waals surface area contributed by atoms with E-state index in [4.69, 9.17) is 5.84 Å². The van der Waals surface area contributed by atoms with Crippen molar-refractivity contribution in [3.8, 4) is 0 Å². The molecule has 1 aromatic heterocycles. The van der Waals surface area contributed by atoms with Crippen LogP contribution in [0.3, 0.4) is 0 Å². The number of rotatable bonds is 1. The second-order valence-corrected chi connectivity index (χ2v) is 4.11. The van der Waals surface area contributed by atoms with E-state index in [-0.39, 0.29) is 0 Å². The van der Waals surface area contributed by atoms with Crippen molar-refractivity contribution in [3.05, 3.63) is 22.2 Å². The summed E-state index contributed by atoms with van der Waals surface area (Å²) >= 11 is 3.51. The van der Waals surface area contributed by atoms with E-state index >= 15 is 0 Å². The first kappa shape index (κ1) is 9.48. The number of nitrogens with two attached hydrogens (primary N) is 1. The van der Waals surface area contributed by atoms with Crippen molar-refractivity contribution in [2.75, 3.05) is 5.43 Å². The predicted octanol–water partition coefficient (Wildman–Crippen LogP) is 1.93. The van der Waals surface area contributed by atoms with Gasteiger partial charge in [0.25, 0.3) is 0 Å². The lowest BCUT2D eigenvalue weighted by Crippen LogP contribution is -2.11. The summed E-state index contributed by atoms with van der Waals surface area (Å²) in [7, 11) is 1.92. The van der Waals surface area contributed by atoms with Gasteiger partial charge < -0.3 is 4.57 Å². The molecule has 0 radical (unpaired) electrons. The van der Waals surface area contributed by atoms with Gasteiger partial charge in [-0.25, -0.2) is 10.8 Å². The van der Waals surface area contributed by atoms with Crippen molar-refractivity contribution >= 4 is 32.9 Å². The maximum Gasteiger partial charge on any atom is 0.218 e. The van der Waals surface area contributed by atoms with Crippen LogP contribution < -0.4 is 11.3 Å². The maximum absolute atomic E-state index is 5.35. The molecule has 3 N–H and O–H groups in total. The third kappa shape index (κ3) is 1.29. The number of aromatic nitrogens is 2. The molecular weight excluding hydrogens is 244 g/mol. The van der Waals surface area contributed by atoms with Crippen LogP contribution in [-0.2, 0) is 7.05 Å². The predicted molar refractivity (Wildman–Crippen MR) is 61.0 cm³/mol. The molecule has 2 aromatic rings. The summed E-state index contributed by atoms with van der Waals surface area (Å²) in [6.07, 6.45) is 0. The van der Waals surface area contributed by atoms with Gasteiger partial charge in [0, 0.05) is 11.5 Å². The van der Waals surface area contributed by atoms with E-state index in [0.29, 0.717) is 5.95 Å². The quantitative estimate of drug-likeness (QED) is 0.604. The summed E-state index contributed by atoms with van der Waals surface area (Å²) in [5.74, 6) is 6.01. The lowest BCUT2D eigenvalue weighted by molar-refractivity contribution is 0.940. The highest BCUT2D eigenvalue weighted by atomic mass is 79.9. The first-order valence-electron chi connectivity index (χ1n) is 4.22. The number of aryl methyl sites for hydroxylation is 2. The number of fused-ring (bicyclic) bond motifs is 1. The number of hydrogen-bond donors (Lipinski definition) is 2. The Morgan fingerprint density at radius 1 is 1.50 bits per heavy atom. The molecule has 0 fully saturated rings. The number of imidazole rings is 1. The Balaban J connectivity index is 2.85. The van der Waals surface area contributed by atoms with Crippen molar-refractivity contribution in [1.29, 1.82) is 0 Å². The highest BCUT2D eigenvalue weighted by molar-refractivity contribution is 9.10. The Kier molecular flexibility index (Phi) is 2.20. The highest BCUT2D eigenvalue weighted by Crippen LogP contribution is 2.27. The van der Waals surface area contributed by atoms with E-state index in [0.717, 1.165) is 15.5 Å². The van der Waals surface area contributed by atoms with Crippen LogP contribution in [0.25, 0.3) is 11.0 Å². The molecule has 0 saturated heterocycles. The number of benzene rings is 1. The van der Waals surface area contributed by atoms with Gasteiger partial charge in [0.2, 0.25) is 5.95 Å². The van der Waals surface area contributed by atoms with Gasteiger partial charge in [0.05, 0.1) is 11.0 Å². The number of nitrogens with one attached hydrogen (secondary N) is 1. The first-order chi connectivity index (χ1) is 6.63. The van der Waals surface area contributed by atoms with E-state index in [1.165, 1.54) is 5.56 Å². The summed E-state index contributed by atoms with van der Waals surface area (Å²) in [6, 6.07) is 4.09. The zero-order valence-corrected chi connectivity index (χ0v) is 9.59. The Labute approximate surface area is 90.2 Å².